The van der Waals surface area contributed by atoms with Gasteiger partial charge in [0, 0.05) is 16.6 Å². The van der Waals surface area contributed by atoms with Gasteiger partial charge < -0.3 is 4.74 Å². The van der Waals surface area contributed by atoms with Gasteiger partial charge in [-0.25, -0.2) is 9.79 Å². The smallest absolute Gasteiger partial charge is 0.363 e. The van der Waals surface area contributed by atoms with Crippen LogP contribution >= 0.6 is 27.5 Å². The molecular formula is C16H8BrClN2O4. The zero-order valence-corrected chi connectivity index (χ0v) is 14.2. The van der Waals surface area contributed by atoms with Crippen molar-refractivity contribution in [3.05, 3.63) is 78.9 Å². The Labute approximate surface area is 149 Å². The van der Waals surface area contributed by atoms with Crippen molar-refractivity contribution >= 4 is 51.2 Å². The largest absolute Gasteiger partial charge is 0.402 e. The summed E-state index contributed by atoms with van der Waals surface area (Å²) in [4.78, 5) is 26.4. The van der Waals surface area contributed by atoms with Crippen molar-refractivity contribution in [2.45, 2.75) is 0 Å². The van der Waals surface area contributed by atoms with Gasteiger partial charge in [0.15, 0.2) is 5.70 Å². The van der Waals surface area contributed by atoms with Gasteiger partial charge in [-0.3, -0.25) is 10.1 Å². The lowest BCUT2D eigenvalue weighted by Gasteiger charge is -2.02. The lowest BCUT2D eigenvalue weighted by Crippen LogP contribution is -2.06. The Morgan fingerprint density at radius 1 is 1.25 bits per heavy atom. The van der Waals surface area contributed by atoms with Crippen molar-refractivity contribution in [3.8, 4) is 0 Å². The van der Waals surface area contributed by atoms with E-state index in [4.69, 9.17) is 16.3 Å². The highest BCUT2D eigenvalue weighted by atomic mass is 79.9. The Kier molecular flexibility index (Phi) is 4.46. The number of carbonyl (C=O) groups excluding carboxylic acids is 1. The third-order valence-corrected chi connectivity index (χ3v) is 3.99. The molecule has 0 saturated carbocycles. The summed E-state index contributed by atoms with van der Waals surface area (Å²) in [5.74, 6) is -0.706. The number of nitro benzene ring substituents is 1. The summed E-state index contributed by atoms with van der Waals surface area (Å²) < 4.78 is 5.96. The summed E-state index contributed by atoms with van der Waals surface area (Å²) in [5, 5.41) is 11.1. The molecule has 0 radical (unpaired) electrons. The van der Waals surface area contributed by atoms with E-state index in [1.807, 2.05) is 18.2 Å². The number of cyclic esters (lactones) is 1. The fraction of sp³-hybridized carbons (Fsp3) is 0. The molecule has 0 aromatic heterocycles. The van der Waals surface area contributed by atoms with Gasteiger partial charge in [0.25, 0.3) is 5.69 Å². The molecule has 0 bridgehead atoms. The highest BCUT2D eigenvalue weighted by molar-refractivity contribution is 9.10. The van der Waals surface area contributed by atoms with Crippen molar-refractivity contribution in [1.29, 1.82) is 0 Å². The number of carbonyl (C=O) groups is 1. The molecule has 2 aromatic carbocycles. The van der Waals surface area contributed by atoms with Crippen LogP contribution < -0.4 is 0 Å². The molecule has 1 aliphatic rings. The molecule has 1 heterocycles. The number of hydrogen-bond acceptors (Lipinski definition) is 5. The van der Waals surface area contributed by atoms with Crippen LogP contribution in [0.1, 0.15) is 11.1 Å². The van der Waals surface area contributed by atoms with Crippen LogP contribution in [0.5, 0.6) is 0 Å². The highest BCUT2D eigenvalue weighted by Gasteiger charge is 2.27. The lowest BCUT2D eigenvalue weighted by molar-refractivity contribution is -0.384. The van der Waals surface area contributed by atoms with Gasteiger partial charge in [-0.05, 0) is 29.8 Å². The molecule has 0 spiro atoms. The molecule has 24 heavy (non-hydrogen) atoms. The van der Waals surface area contributed by atoms with Gasteiger partial charge in [-0.15, -0.1) is 0 Å². The molecule has 0 aliphatic carbocycles. The summed E-state index contributed by atoms with van der Waals surface area (Å²) in [6, 6.07) is 11.1. The van der Waals surface area contributed by atoms with Crippen LogP contribution in [-0.2, 0) is 9.53 Å². The van der Waals surface area contributed by atoms with Crippen molar-refractivity contribution in [1.82, 2.24) is 0 Å². The lowest BCUT2D eigenvalue weighted by atomic mass is 10.2. The predicted octanol–water partition coefficient (Wildman–Crippen LogP) is 4.36. The monoisotopic (exact) mass is 406 g/mol. The number of non-ortho nitro benzene ring substituents is 1. The number of halogens is 2. The maximum atomic E-state index is 12.0. The van der Waals surface area contributed by atoms with Gasteiger partial charge in [0.1, 0.15) is 0 Å². The standard InChI is InChI=1S/C16H8BrClN2O4/c17-10-3-1-2-9(6-10)7-14-16(21)24-15(19-14)12-8-11(20(22)23)4-5-13(12)18/h1-8H/b14-7+. The zero-order valence-electron chi connectivity index (χ0n) is 11.9. The second-order valence-electron chi connectivity index (χ2n) is 4.81. The minimum absolute atomic E-state index is 0.0602. The second-order valence-corrected chi connectivity index (χ2v) is 6.14. The Balaban J connectivity index is 2.01. The van der Waals surface area contributed by atoms with E-state index in [0.29, 0.717) is 0 Å². The van der Waals surface area contributed by atoms with Crippen LogP contribution in [-0.4, -0.2) is 16.8 Å². The van der Waals surface area contributed by atoms with E-state index >= 15 is 0 Å². The molecule has 0 saturated heterocycles. The van der Waals surface area contributed by atoms with Crippen LogP contribution in [0.4, 0.5) is 5.69 Å². The molecule has 0 atom stereocenters. The maximum absolute atomic E-state index is 12.0. The zero-order chi connectivity index (χ0) is 17.3. The fourth-order valence-electron chi connectivity index (χ4n) is 2.07. The summed E-state index contributed by atoms with van der Waals surface area (Å²) >= 11 is 9.38. The van der Waals surface area contributed by atoms with Crippen molar-refractivity contribution in [3.63, 3.8) is 0 Å². The number of benzene rings is 2. The van der Waals surface area contributed by atoms with E-state index in [2.05, 4.69) is 20.9 Å². The number of esters is 1. The van der Waals surface area contributed by atoms with E-state index in [9.17, 15) is 14.9 Å². The first-order valence-electron chi connectivity index (χ1n) is 6.66. The first kappa shape index (κ1) is 16.4. The Morgan fingerprint density at radius 3 is 2.75 bits per heavy atom. The number of nitro groups is 1. The van der Waals surface area contributed by atoms with Gasteiger partial charge in [0.05, 0.1) is 15.5 Å². The minimum Gasteiger partial charge on any atom is -0.402 e. The SMILES string of the molecule is O=C1OC(c2cc([N+](=O)[O-])ccc2Cl)=N/C1=C/c1cccc(Br)c1. The number of rotatable bonds is 3. The van der Waals surface area contributed by atoms with Gasteiger partial charge in [-0.2, -0.15) is 0 Å². The van der Waals surface area contributed by atoms with E-state index in [-0.39, 0.29) is 27.9 Å². The molecule has 0 N–H and O–H groups in total. The normalized spacial score (nSPS) is 15.3. The van der Waals surface area contributed by atoms with Crippen molar-refractivity contribution in [2.75, 3.05) is 0 Å². The maximum Gasteiger partial charge on any atom is 0.363 e. The Morgan fingerprint density at radius 2 is 2.04 bits per heavy atom. The van der Waals surface area contributed by atoms with E-state index in [1.54, 1.807) is 12.1 Å². The van der Waals surface area contributed by atoms with E-state index in [0.717, 1.165) is 10.0 Å². The number of nitrogens with zero attached hydrogens (tertiary/aromatic N) is 2. The van der Waals surface area contributed by atoms with Crippen LogP contribution in [0.3, 0.4) is 0 Å². The first-order chi connectivity index (χ1) is 11.4. The Bertz CT molecular complexity index is 924. The molecule has 8 heteroatoms. The van der Waals surface area contributed by atoms with Crippen LogP contribution in [0.25, 0.3) is 6.08 Å². The van der Waals surface area contributed by atoms with E-state index < -0.39 is 10.9 Å². The molecule has 2 aromatic rings. The van der Waals surface area contributed by atoms with Gasteiger partial charge >= 0.3 is 5.97 Å². The molecule has 0 amide bonds. The van der Waals surface area contributed by atoms with Gasteiger partial charge in [-0.1, -0.05) is 39.7 Å². The quantitative estimate of drug-likeness (QED) is 0.328. The third kappa shape index (κ3) is 3.37. The highest BCUT2D eigenvalue weighted by Crippen LogP contribution is 2.27. The topological polar surface area (TPSA) is 81.8 Å². The van der Waals surface area contributed by atoms with Crippen LogP contribution in [0.15, 0.2) is 57.6 Å². The average Bonchev–Trinajstić information content (AvgIpc) is 2.88. The number of aliphatic imine (C=N–C) groups is 1. The third-order valence-electron chi connectivity index (χ3n) is 3.16. The second kappa shape index (κ2) is 6.54. The Hall–Kier alpha value is -2.51. The molecule has 0 unspecified atom stereocenters. The van der Waals surface area contributed by atoms with Crippen LogP contribution in [0.2, 0.25) is 5.02 Å². The molecule has 3 rings (SSSR count). The minimum atomic E-state index is -0.646. The van der Waals surface area contributed by atoms with Crippen molar-refractivity contribution in [2.24, 2.45) is 4.99 Å². The molecule has 6 nitrogen and oxygen atoms in total. The molecule has 1 aliphatic heterocycles. The van der Waals surface area contributed by atoms with Crippen molar-refractivity contribution < 1.29 is 14.5 Å². The first-order valence-corrected chi connectivity index (χ1v) is 7.83. The van der Waals surface area contributed by atoms with E-state index in [1.165, 1.54) is 18.2 Å². The number of hydrogen-bond donors (Lipinski definition) is 0. The molecular weight excluding hydrogens is 400 g/mol. The number of ether oxygens (including phenoxy) is 1. The van der Waals surface area contributed by atoms with Crippen LogP contribution in [0, 0.1) is 10.1 Å². The molecule has 120 valence electrons. The fourth-order valence-corrected chi connectivity index (χ4v) is 2.68. The molecule has 0 fully saturated rings. The van der Waals surface area contributed by atoms with Gasteiger partial charge in [0.2, 0.25) is 5.90 Å². The summed E-state index contributed by atoms with van der Waals surface area (Å²) in [5.41, 5.74) is 0.867. The summed E-state index contributed by atoms with van der Waals surface area (Å²) in [7, 11) is 0. The predicted molar refractivity (Wildman–Crippen MR) is 92.9 cm³/mol. The summed E-state index contributed by atoms with van der Waals surface area (Å²) in [6.45, 7) is 0. The summed E-state index contributed by atoms with van der Waals surface area (Å²) in [6.07, 6.45) is 1.56. The average molecular weight is 408 g/mol.